The van der Waals surface area contributed by atoms with Crippen LogP contribution in [0.15, 0.2) is 36.5 Å². The largest absolute Gasteiger partial charge is 0.353 e. The summed E-state index contributed by atoms with van der Waals surface area (Å²) >= 11 is 0. The Kier molecular flexibility index (Phi) is 4.59. The topological polar surface area (TPSA) is 69.7 Å². The van der Waals surface area contributed by atoms with Gasteiger partial charge in [-0.25, -0.2) is 9.97 Å². The molecule has 26 heavy (non-hydrogen) atoms. The summed E-state index contributed by atoms with van der Waals surface area (Å²) in [6.07, 6.45) is 2.94. The smallest absolute Gasteiger partial charge is 0.181 e. The lowest BCUT2D eigenvalue weighted by Crippen LogP contribution is -2.56. The van der Waals surface area contributed by atoms with Crippen LogP contribution in [0.5, 0.6) is 0 Å². The van der Waals surface area contributed by atoms with E-state index in [1.54, 1.807) is 6.20 Å². The van der Waals surface area contributed by atoms with E-state index in [1.165, 1.54) is 6.42 Å². The molecule has 0 radical (unpaired) electrons. The molecule has 4 heterocycles. The molecule has 0 unspecified atom stereocenters. The van der Waals surface area contributed by atoms with Crippen LogP contribution in [0, 0.1) is 5.92 Å². The number of aromatic nitrogens is 4. The first kappa shape index (κ1) is 17.0. The molecule has 1 aliphatic heterocycles. The van der Waals surface area contributed by atoms with Crippen molar-refractivity contribution in [3.63, 3.8) is 0 Å². The molecule has 0 amide bonds. The van der Waals surface area contributed by atoms with Gasteiger partial charge in [0.1, 0.15) is 5.82 Å². The normalized spacial score (nSPS) is 20.8. The van der Waals surface area contributed by atoms with Crippen LogP contribution in [0.3, 0.4) is 0 Å². The van der Waals surface area contributed by atoms with Crippen LogP contribution in [0.2, 0.25) is 0 Å². The fourth-order valence-corrected chi connectivity index (χ4v) is 3.86. The first-order valence-corrected chi connectivity index (χ1v) is 9.37. The van der Waals surface area contributed by atoms with E-state index < -0.39 is 0 Å². The summed E-state index contributed by atoms with van der Waals surface area (Å²) in [5.41, 5.74) is 2.56. The molecule has 4 rings (SSSR count). The second-order valence-electron chi connectivity index (χ2n) is 7.65. The number of anilines is 1. The van der Waals surface area contributed by atoms with E-state index in [0.717, 1.165) is 41.3 Å². The zero-order valence-electron chi connectivity index (χ0n) is 15.6. The Morgan fingerprint density at radius 2 is 2.08 bits per heavy atom. The number of hydrogen-bond acceptors (Lipinski definition) is 5. The summed E-state index contributed by atoms with van der Waals surface area (Å²) in [7, 11) is 0. The minimum absolute atomic E-state index is 0.454. The third-order valence-electron chi connectivity index (χ3n) is 4.86. The maximum atomic E-state index is 4.94. The summed E-state index contributed by atoms with van der Waals surface area (Å²) in [6, 6.07) is 11.1. The molecule has 1 fully saturated rings. The molecular weight excluding hydrogens is 324 g/mol. The van der Waals surface area contributed by atoms with Gasteiger partial charge < -0.3 is 10.2 Å². The van der Waals surface area contributed by atoms with Crippen molar-refractivity contribution in [3.05, 3.63) is 36.5 Å². The maximum absolute atomic E-state index is 4.94. The van der Waals surface area contributed by atoms with Crippen molar-refractivity contribution < 1.29 is 0 Å². The Balaban J connectivity index is 1.63. The van der Waals surface area contributed by atoms with Crippen LogP contribution >= 0.6 is 0 Å². The predicted octanol–water partition coefficient (Wildman–Crippen LogP) is 3.23. The van der Waals surface area contributed by atoms with Crippen molar-refractivity contribution in [1.29, 1.82) is 0 Å². The van der Waals surface area contributed by atoms with Crippen molar-refractivity contribution in [2.45, 2.75) is 39.3 Å². The lowest BCUT2D eigenvalue weighted by atomic mass is 10.00. The van der Waals surface area contributed by atoms with E-state index in [2.05, 4.69) is 58.3 Å². The molecule has 1 saturated heterocycles. The minimum Gasteiger partial charge on any atom is -0.353 e. The number of H-pyrrole nitrogens is 1. The Hall–Kier alpha value is -2.47. The minimum atomic E-state index is 0.454. The van der Waals surface area contributed by atoms with E-state index in [9.17, 15) is 0 Å². The first-order chi connectivity index (χ1) is 12.6. The van der Waals surface area contributed by atoms with Gasteiger partial charge in [-0.2, -0.15) is 5.10 Å². The van der Waals surface area contributed by atoms with E-state index >= 15 is 0 Å². The number of pyridine rings is 2. The van der Waals surface area contributed by atoms with Crippen LogP contribution in [0.4, 0.5) is 5.82 Å². The van der Waals surface area contributed by atoms with Crippen molar-refractivity contribution in [3.8, 4) is 11.4 Å². The predicted molar refractivity (Wildman–Crippen MR) is 105 cm³/mol. The van der Waals surface area contributed by atoms with Crippen molar-refractivity contribution >= 4 is 16.9 Å². The van der Waals surface area contributed by atoms with Gasteiger partial charge in [0, 0.05) is 36.8 Å². The molecule has 0 bridgehead atoms. The van der Waals surface area contributed by atoms with Gasteiger partial charge in [-0.05, 0) is 43.5 Å². The maximum Gasteiger partial charge on any atom is 0.181 e. The molecular formula is C20H26N6. The van der Waals surface area contributed by atoms with Gasteiger partial charge in [-0.1, -0.05) is 19.9 Å². The highest BCUT2D eigenvalue weighted by molar-refractivity contribution is 5.89. The van der Waals surface area contributed by atoms with E-state index in [1.807, 2.05) is 18.2 Å². The summed E-state index contributed by atoms with van der Waals surface area (Å²) in [5.74, 6) is 1.71. The van der Waals surface area contributed by atoms with Gasteiger partial charge in [-0.3, -0.25) is 5.10 Å². The zero-order chi connectivity index (χ0) is 18.1. The molecule has 3 aromatic rings. The molecule has 2 N–H and O–H groups in total. The monoisotopic (exact) mass is 350 g/mol. The molecule has 6 nitrogen and oxygen atoms in total. The van der Waals surface area contributed by atoms with Gasteiger partial charge in [0.25, 0.3) is 0 Å². The fourth-order valence-electron chi connectivity index (χ4n) is 3.86. The number of nitrogens with one attached hydrogen (secondary N) is 2. The third-order valence-corrected chi connectivity index (χ3v) is 4.86. The molecule has 0 aliphatic carbocycles. The van der Waals surface area contributed by atoms with E-state index in [4.69, 9.17) is 4.98 Å². The second-order valence-corrected chi connectivity index (χ2v) is 7.65. The molecule has 0 saturated carbocycles. The summed E-state index contributed by atoms with van der Waals surface area (Å²) in [6.45, 7) is 8.76. The van der Waals surface area contributed by atoms with Crippen LogP contribution in [0.25, 0.3) is 22.4 Å². The van der Waals surface area contributed by atoms with Gasteiger partial charge >= 0.3 is 0 Å². The highest BCUT2D eigenvalue weighted by Gasteiger charge is 2.25. The Morgan fingerprint density at radius 3 is 2.92 bits per heavy atom. The van der Waals surface area contributed by atoms with E-state index in [0.29, 0.717) is 18.0 Å². The molecule has 3 aromatic heterocycles. The van der Waals surface area contributed by atoms with Crippen molar-refractivity contribution in [2.75, 3.05) is 18.0 Å². The van der Waals surface area contributed by atoms with Gasteiger partial charge in [0.15, 0.2) is 5.65 Å². The van der Waals surface area contributed by atoms with Gasteiger partial charge in [0.05, 0.1) is 11.4 Å². The highest BCUT2D eigenvalue weighted by atomic mass is 15.3. The van der Waals surface area contributed by atoms with Gasteiger partial charge in [0.2, 0.25) is 0 Å². The standard InChI is InChI=1S/C20H26N6/c1-13(2)10-15-12-26(11-14(3)22-15)18-8-4-7-17(23-18)19-16-6-5-9-21-20(16)25-24-19/h4-9,13-15,22H,10-12H2,1-3H3,(H,21,24,25)/t14-,15-/m0/s1. The Morgan fingerprint density at radius 1 is 1.19 bits per heavy atom. The molecule has 2 atom stereocenters. The molecule has 0 aromatic carbocycles. The van der Waals surface area contributed by atoms with E-state index in [-0.39, 0.29) is 0 Å². The number of aromatic amines is 1. The van der Waals surface area contributed by atoms with Crippen molar-refractivity contribution in [2.24, 2.45) is 5.92 Å². The number of hydrogen-bond donors (Lipinski definition) is 2. The fraction of sp³-hybridized carbons (Fsp3) is 0.450. The third kappa shape index (κ3) is 3.42. The number of fused-ring (bicyclic) bond motifs is 1. The lowest BCUT2D eigenvalue weighted by Gasteiger charge is -2.39. The van der Waals surface area contributed by atoms with Crippen LogP contribution in [-0.4, -0.2) is 45.3 Å². The SMILES string of the molecule is CC(C)C[C@H]1CN(c2cccc(-c3[nH]nc4ncccc34)n2)C[C@H](C)N1. The molecule has 1 aliphatic rings. The highest BCUT2D eigenvalue weighted by Crippen LogP contribution is 2.26. The molecule has 6 heteroatoms. The lowest BCUT2D eigenvalue weighted by molar-refractivity contribution is 0.340. The van der Waals surface area contributed by atoms with Crippen LogP contribution in [0.1, 0.15) is 27.2 Å². The average molecular weight is 350 g/mol. The average Bonchev–Trinajstić information content (AvgIpc) is 3.05. The summed E-state index contributed by atoms with van der Waals surface area (Å²) < 4.78 is 0. The molecule has 0 spiro atoms. The summed E-state index contributed by atoms with van der Waals surface area (Å²) in [4.78, 5) is 11.6. The quantitative estimate of drug-likeness (QED) is 0.756. The zero-order valence-corrected chi connectivity index (χ0v) is 15.6. The van der Waals surface area contributed by atoms with Crippen LogP contribution < -0.4 is 10.2 Å². The Bertz CT molecular complexity index is 885. The number of nitrogens with zero attached hydrogens (tertiary/aromatic N) is 4. The van der Waals surface area contributed by atoms with Crippen LogP contribution in [-0.2, 0) is 0 Å². The first-order valence-electron chi connectivity index (χ1n) is 9.37. The van der Waals surface area contributed by atoms with Crippen molar-refractivity contribution in [1.82, 2.24) is 25.5 Å². The number of rotatable bonds is 4. The van der Waals surface area contributed by atoms with Gasteiger partial charge in [-0.15, -0.1) is 0 Å². The molecule has 136 valence electrons. The Labute approximate surface area is 154 Å². The summed E-state index contributed by atoms with van der Waals surface area (Å²) in [5, 5.41) is 12.1. The second kappa shape index (κ2) is 7.03. The number of piperazine rings is 1.